The minimum Gasteiger partial charge on any atom is -0.464 e. The second-order valence-corrected chi connectivity index (χ2v) is 9.63. The quantitative estimate of drug-likeness (QED) is 0.106. The molecule has 1 aliphatic rings. The molecule has 0 spiro atoms. The van der Waals surface area contributed by atoms with Crippen LogP contribution in [0.1, 0.15) is 41.0 Å². The molecule has 252 valence electrons. The number of nitrogens with one attached hydrogen (secondary N) is 1. The number of nitro benzene ring substituents is 1. The maximum atomic E-state index is 13.3. The molecule has 46 heavy (non-hydrogen) atoms. The molecule has 1 fully saturated rings. The van der Waals surface area contributed by atoms with Gasteiger partial charge in [0.25, 0.3) is 5.69 Å². The van der Waals surface area contributed by atoms with Crippen molar-refractivity contribution in [1.82, 2.24) is 5.32 Å². The Hall–Kier alpha value is -5.33. The van der Waals surface area contributed by atoms with Crippen molar-refractivity contribution in [3.8, 4) is 5.75 Å². The van der Waals surface area contributed by atoms with E-state index in [9.17, 15) is 43.7 Å². The van der Waals surface area contributed by atoms with Gasteiger partial charge in [-0.2, -0.15) is 0 Å². The van der Waals surface area contributed by atoms with E-state index in [1.807, 2.05) is 0 Å². The van der Waals surface area contributed by atoms with Crippen molar-refractivity contribution in [2.75, 3.05) is 13.7 Å². The number of hydrogen-bond donors (Lipinski definition) is 1. The molecule has 1 heterocycles. The van der Waals surface area contributed by atoms with Crippen LogP contribution in [-0.2, 0) is 61.9 Å². The van der Waals surface area contributed by atoms with E-state index in [-0.39, 0.29) is 11.4 Å². The van der Waals surface area contributed by atoms with Crippen LogP contribution in [0.5, 0.6) is 5.75 Å². The van der Waals surface area contributed by atoms with Crippen LogP contribution in [0.4, 0.5) is 10.5 Å². The average Bonchev–Trinajstić information content (AvgIpc) is 2.94. The molecule has 1 amide bonds. The smallest absolute Gasteiger partial charge is 0.464 e. The van der Waals surface area contributed by atoms with Crippen LogP contribution >= 0.6 is 0 Å². The maximum absolute atomic E-state index is 13.3. The van der Waals surface area contributed by atoms with Gasteiger partial charge in [-0.15, -0.1) is 0 Å². The summed E-state index contributed by atoms with van der Waals surface area (Å²) in [7, 11) is 0.889. The van der Waals surface area contributed by atoms with E-state index >= 15 is 0 Å². The molecule has 1 N–H and O–H groups in total. The molecular weight excluding hydrogens is 624 g/mol. The molecule has 0 unspecified atom stereocenters. The molecule has 1 aromatic carbocycles. The highest BCUT2D eigenvalue weighted by Gasteiger charge is 2.61. The third-order valence-corrected chi connectivity index (χ3v) is 5.99. The summed E-state index contributed by atoms with van der Waals surface area (Å²) in [5.41, 5.74) is -0.328. The first-order valence-corrected chi connectivity index (χ1v) is 13.3. The van der Waals surface area contributed by atoms with Crippen molar-refractivity contribution in [2.45, 2.75) is 77.3 Å². The molecule has 0 aliphatic carbocycles. The van der Waals surface area contributed by atoms with Crippen LogP contribution in [0.25, 0.3) is 0 Å². The van der Waals surface area contributed by atoms with E-state index in [4.69, 9.17) is 37.9 Å². The van der Waals surface area contributed by atoms with Crippen molar-refractivity contribution in [1.29, 1.82) is 0 Å². The number of methoxy groups -OCH3 is 1. The molecule has 6 atom stereocenters. The minimum absolute atomic E-state index is 0.260. The van der Waals surface area contributed by atoms with Crippen molar-refractivity contribution in [3.63, 3.8) is 0 Å². The van der Waals surface area contributed by atoms with Crippen LogP contribution in [0.3, 0.4) is 0 Å². The zero-order valence-electron chi connectivity index (χ0n) is 25.5. The standard InChI is InChI=1S/C27H32N2O17/c1-13(30)28-22-20(41-15(3)32)11-27(25(35)39-6,46-26(36)44-19-9-7-18(8-10-19)29(37)38)45-24(22)23(43-17(5)34)21(42-16(4)33)12-40-14(2)31/h7-10,20-24H,11-12H2,1-6H3,(H,28,30)/t20-,21+,22+,23+,24+,27+/m0/s1. The minimum atomic E-state index is -2.85. The average molecular weight is 657 g/mol. The lowest BCUT2D eigenvalue weighted by Crippen LogP contribution is -2.69. The topological polar surface area (TPSA) is 248 Å². The van der Waals surface area contributed by atoms with Gasteiger partial charge in [0.2, 0.25) is 5.91 Å². The van der Waals surface area contributed by atoms with Gasteiger partial charge in [0.1, 0.15) is 24.6 Å². The fraction of sp³-hybridized carbons (Fsp3) is 0.519. The number of nitrogens with zero attached hydrogens (tertiary/aromatic N) is 1. The summed E-state index contributed by atoms with van der Waals surface area (Å²) >= 11 is 0. The number of carbonyl (C=O) groups is 7. The summed E-state index contributed by atoms with van der Waals surface area (Å²) in [4.78, 5) is 96.8. The third-order valence-electron chi connectivity index (χ3n) is 5.99. The molecular formula is C27H32N2O17. The molecule has 0 bridgehead atoms. The summed E-state index contributed by atoms with van der Waals surface area (Å²) in [6.45, 7) is 4.31. The third kappa shape index (κ3) is 10.4. The molecule has 1 saturated heterocycles. The van der Waals surface area contributed by atoms with Crippen LogP contribution < -0.4 is 10.1 Å². The summed E-state index contributed by atoms with van der Waals surface area (Å²) in [5.74, 6) is -8.97. The largest absolute Gasteiger partial charge is 0.516 e. The molecule has 19 nitrogen and oxygen atoms in total. The summed E-state index contributed by atoms with van der Waals surface area (Å²) in [5, 5.41) is 13.4. The second-order valence-electron chi connectivity index (χ2n) is 9.63. The van der Waals surface area contributed by atoms with Crippen molar-refractivity contribution >= 4 is 47.6 Å². The predicted octanol–water partition coefficient (Wildman–Crippen LogP) is 0.631. The van der Waals surface area contributed by atoms with Gasteiger partial charge in [-0.3, -0.25) is 34.1 Å². The Morgan fingerprint density at radius 1 is 0.957 bits per heavy atom. The fourth-order valence-corrected chi connectivity index (χ4v) is 4.39. The van der Waals surface area contributed by atoms with E-state index in [1.54, 1.807) is 0 Å². The predicted molar refractivity (Wildman–Crippen MR) is 145 cm³/mol. The van der Waals surface area contributed by atoms with Crippen LogP contribution in [0.2, 0.25) is 0 Å². The van der Waals surface area contributed by atoms with Gasteiger partial charge in [-0.05, 0) is 12.1 Å². The fourth-order valence-electron chi connectivity index (χ4n) is 4.39. The van der Waals surface area contributed by atoms with Gasteiger partial charge in [0.15, 0.2) is 12.2 Å². The van der Waals surface area contributed by atoms with E-state index < -0.39 is 96.1 Å². The molecule has 0 radical (unpaired) electrons. The highest BCUT2D eigenvalue weighted by atomic mass is 16.8. The lowest BCUT2D eigenvalue weighted by molar-refractivity contribution is -0.384. The number of non-ortho nitro benzene ring substituents is 1. The SMILES string of the molecule is COC(=O)[C@]1(OC(=O)Oc2ccc([N+](=O)[O-])cc2)C[C@H](OC(C)=O)[C@@H](NC(C)=O)[C@H]([C@H](OC(C)=O)[C@@H](COC(C)=O)OC(C)=O)O1. The van der Waals surface area contributed by atoms with E-state index in [1.165, 1.54) is 0 Å². The molecule has 1 aliphatic heterocycles. The summed E-state index contributed by atoms with van der Waals surface area (Å²) < 4.78 is 42.0. The monoisotopic (exact) mass is 656 g/mol. The molecule has 2 rings (SSSR count). The number of carbonyl (C=O) groups excluding carboxylic acids is 7. The van der Waals surface area contributed by atoms with Crippen LogP contribution in [0, 0.1) is 10.1 Å². The van der Waals surface area contributed by atoms with Crippen LogP contribution in [-0.4, -0.2) is 96.8 Å². The Morgan fingerprint density at radius 2 is 1.57 bits per heavy atom. The summed E-state index contributed by atoms with van der Waals surface area (Å²) in [6, 6.07) is 2.65. The molecule has 1 aromatic rings. The van der Waals surface area contributed by atoms with Crippen molar-refractivity contribution < 1.29 is 76.4 Å². The van der Waals surface area contributed by atoms with E-state index in [2.05, 4.69) is 5.32 Å². The lowest BCUT2D eigenvalue weighted by atomic mass is 9.88. The lowest BCUT2D eigenvalue weighted by Gasteiger charge is -2.47. The number of hydrogen-bond acceptors (Lipinski definition) is 17. The number of rotatable bonds is 12. The Balaban J connectivity index is 2.70. The zero-order chi connectivity index (χ0) is 34.8. The van der Waals surface area contributed by atoms with E-state index in [0.29, 0.717) is 0 Å². The van der Waals surface area contributed by atoms with Gasteiger partial charge in [-0.1, -0.05) is 0 Å². The van der Waals surface area contributed by atoms with Gasteiger partial charge >= 0.3 is 41.8 Å². The number of ether oxygens (including phenoxy) is 8. The first-order chi connectivity index (χ1) is 21.5. The molecule has 19 heteroatoms. The normalized spacial score (nSPS) is 21.7. The second kappa shape index (κ2) is 16.1. The number of esters is 5. The Bertz CT molecular complexity index is 1350. The van der Waals surface area contributed by atoms with Crippen molar-refractivity contribution in [3.05, 3.63) is 34.4 Å². The number of benzene rings is 1. The Kier molecular flexibility index (Phi) is 12.9. The first kappa shape index (κ1) is 36.9. The Morgan fingerprint density at radius 3 is 2.04 bits per heavy atom. The maximum Gasteiger partial charge on any atom is 0.516 e. The number of amides is 1. The van der Waals surface area contributed by atoms with Crippen LogP contribution in [0.15, 0.2) is 24.3 Å². The van der Waals surface area contributed by atoms with Gasteiger partial charge in [0, 0.05) is 46.8 Å². The highest BCUT2D eigenvalue weighted by Crippen LogP contribution is 2.37. The summed E-state index contributed by atoms with van der Waals surface area (Å²) in [6.07, 6.45) is -9.39. The zero-order valence-corrected chi connectivity index (χ0v) is 25.5. The van der Waals surface area contributed by atoms with Gasteiger partial charge < -0.3 is 43.2 Å². The Labute approximate surface area is 260 Å². The first-order valence-electron chi connectivity index (χ1n) is 13.3. The van der Waals surface area contributed by atoms with E-state index in [0.717, 1.165) is 66.0 Å². The van der Waals surface area contributed by atoms with Gasteiger partial charge in [-0.25, -0.2) is 9.59 Å². The van der Waals surface area contributed by atoms with Crippen molar-refractivity contribution in [2.24, 2.45) is 0 Å². The highest BCUT2D eigenvalue weighted by molar-refractivity contribution is 5.81. The van der Waals surface area contributed by atoms with Gasteiger partial charge in [0.05, 0.1) is 24.5 Å². The molecule has 0 aromatic heterocycles. The molecule has 0 saturated carbocycles. The number of nitro groups is 1.